The maximum Gasteiger partial charge on any atom is 0.131 e. The predicted molar refractivity (Wildman–Crippen MR) is 169 cm³/mol. The third-order valence-electron chi connectivity index (χ3n) is 8.36. The van der Waals surface area contributed by atoms with Gasteiger partial charge in [-0.15, -0.1) is 11.3 Å². The Kier molecular flexibility index (Phi) is 5.47. The molecule has 2 N–H and O–H groups in total. The zero-order valence-corrected chi connectivity index (χ0v) is 23.1. The molecule has 0 radical (unpaired) electrons. The number of rotatable bonds is 4. The van der Waals surface area contributed by atoms with Gasteiger partial charge < -0.3 is 5.73 Å². The Morgan fingerprint density at radius 2 is 1.69 bits per heavy atom. The predicted octanol–water partition coefficient (Wildman–Crippen LogP) is 9.55. The van der Waals surface area contributed by atoms with Gasteiger partial charge in [-0.3, -0.25) is 0 Å². The van der Waals surface area contributed by atoms with Gasteiger partial charge in [0.1, 0.15) is 5.84 Å². The summed E-state index contributed by atoms with van der Waals surface area (Å²) in [4.78, 5) is 6.11. The maximum atomic E-state index is 6.75. The van der Waals surface area contributed by atoms with E-state index in [1.165, 1.54) is 32.2 Å². The van der Waals surface area contributed by atoms with E-state index in [-0.39, 0.29) is 5.41 Å². The first-order valence-corrected chi connectivity index (χ1v) is 14.3. The van der Waals surface area contributed by atoms with Gasteiger partial charge in [0.15, 0.2) is 0 Å². The number of hydrogen-bond donors (Lipinski definition) is 1. The second-order valence-corrected chi connectivity index (χ2v) is 12.1. The summed E-state index contributed by atoms with van der Waals surface area (Å²) in [6.45, 7) is 9.17. The lowest BCUT2D eigenvalue weighted by atomic mass is 9.78. The van der Waals surface area contributed by atoms with Gasteiger partial charge in [-0.1, -0.05) is 98.8 Å². The van der Waals surface area contributed by atoms with E-state index in [4.69, 9.17) is 10.7 Å². The first-order chi connectivity index (χ1) is 18.9. The van der Waals surface area contributed by atoms with Crippen molar-refractivity contribution in [1.29, 1.82) is 0 Å². The minimum Gasteiger partial charge on any atom is -0.383 e. The van der Waals surface area contributed by atoms with E-state index in [1.807, 2.05) is 18.2 Å². The number of benzene rings is 4. The van der Waals surface area contributed by atoms with E-state index >= 15 is 0 Å². The van der Waals surface area contributed by atoms with Crippen molar-refractivity contribution in [2.75, 3.05) is 0 Å². The van der Waals surface area contributed by atoms with Crippen LogP contribution in [0.2, 0.25) is 0 Å². The van der Waals surface area contributed by atoms with Crippen molar-refractivity contribution >= 4 is 54.9 Å². The number of aliphatic imine (C=N–C) groups is 1. The molecule has 1 aromatic heterocycles. The van der Waals surface area contributed by atoms with Crippen LogP contribution in [0.3, 0.4) is 0 Å². The first-order valence-electron chi connectivity index (χ1n) is 13.5. The molecular formula is C36H30N2S. The van der Waals surface area contributed by atoms with Crippen LogP contribution in [0, 0.1) is 0 Å². The van der Waals surface area contributed by atoms with E-state index < -0.39 is 0 Å². The Bertz CT molecular complexity index is 1900. The molecule has 7 rings (SSSR count). The van der Waals surface area contributed by atoms with Gasteiger partial charge in [0, 0.05) is 21.1 Å². The summed E-state index contributed by atoms with van der Waals surface area (Å²) in [5.41, 5.74) is 16.4. The van der Waals surface area contributed by atoms with Crippen LogP contribution in [0.25, 0.3) is 32.0 Å². The van der Waals surface area contributed by atoms with Gasteiger partial charge in [0.25, 0.3) is 0 Å². The quantitative estimate of drug-likeness (QED) is 0.185. The van der Waals surface area contributed by atoms with Crippen LogP contribution >= 0.6 is 11.3 Å². The molecule has 1 heterocycles. The summed E-state index contributed by atoms with van der Waals surface area (Å²) in [6, 6.07) is 29.9. The fourth-order valence-corrected chi connectivity index (χ4v) is 7.36. The van der Waals surface area contributed by atoms with Crippen LogP contribution in [0.4, 0.5) is 5.69 Å². The lowest BCUT2D eigenvalue weighted by Crippen LogP contribution is -2.17. The Morgan fingerprint density at radius 3 is 2.54 bits per heavy atom. The van der Waals surface area contributed by atoms with Crippen molar-refractivity contribution in [1.82, 2.24) is 0 Å². The van der Waals surface area contributed by atoms with Crippen molar-refractivity contribution in [2.24, 2.45) is 10.7 Å². The molecule has 4 aromatic carbocycles. The molecule has 0 fully saturated rings. The highest BCUT2D eigenvalue weighted by Crippen LogP contribution is 2.51. The molecule has 3 heteroatoms. The highest BCUT2D eigenvalue weighted by Gasteiger charge is 2.37. The number of fused-ring (bicyclic) bond motifs is 4. The van der Waals surface area contributed by atoms with Crippen LogP contribution in [-0.4, -0.2) is 5.84 Å². The molecule has 2 aliphatic carbocycles. The molecule has 0 saturated heterocycles. The largest absolute Gasteiger partial charge is 0.383 e. The number of nitrogens with two attached hydrogens (primary N) is 1. The van der Waals surface area contributed by atoms with Crippen molar-refractivity contribution < 1.29 is 0 Å². The van der Waals surface area contributed by atoms with E-state index in [9.17, 15) is 0 Å². The summed E-state index contributed by atoms with van der Waals surface area (Å²) < 4.78 is 1.18. The molecule has 5 aromatic rings. The van der Waals surface area contributed by atoms with Crippen molar-refractivity contribution in [2.45, 2.75) is 32.1 Å². The summed E-state index contributed by atoms with van der Waals surface area (Å²) >= 11 is 1.72. The Hall–Kier alpha value is -4.21. The molecule has 2 aliphatic rings. The summed E-state index contributed by atoms with van der Waals surface area (Å²) in [5, 5.41) is 3.53. The van der Waals surface area contributed by atoms with Gasteiger partial charge in [0.05, 0.1) is 10.6 Å². The highest BCUT2D eigenvalue weighted by molar-refractivity contribution is 7.20. The average molecular weight is 523 g/mol. The van der Waals surface area contributed by atoms with E-state index in [0.717, 1.165) is 45.5 Å². The fraction of sp³-hybridized carbons (Fsp3) is 0.139. The molecule has 39 heavy (non-hydrogen) atoms. The summed E-state index contributed by atoms with van der Waals surface area (Å²) in [7, 11) is 0. The van der Waals surface area contributed by atoms with Crippen molar-refractivity contribution in [3.8, 4) is 0 Å². The number of allylic oxidation sites excluding steroid dienone is 4. The van der Waals surface area contributed by atoms with Gasteiger partial charge in [0.2, 0.25) is 0 Å². The molecule has 190 valence electrons. The van der Waals surface area contributed by atoms with Gasteiger partial charge in [-0.05, 0) is 75.7 Å². The smallest absolute Gasteiger partial charge is 0.131 e. The Balaban J connectivity index is 1.33. The van der Waals surface area contributed by atoms with Crippen LogP contribution in [0.15, 0.2) is 114 Å². The Labute approximate surface area is 233 Å². The molecule has 0 saturated carbocycles. The molecule has 2 nitrogen and oxygen atoms in total. The highest BCUT2D eigenvalue weighted by atomic mass is 32.1. The average Bonchev–Trinajstić information content (AvgIpc) is 3.44. The number of amidine groups is 1. The molecule has 0 bridgehead atoms. The number of nitrogens with zero attached hydrogens (tertiary/aromatic N) is 1. The molecule has 0 aliphatic heterocycles. The normalized spacial score (nSPS) is 16.1. The van der Waals surface area contributed by atoms with Crippen LogP contribution in [-0.2, 0) is 5.41 Å². The molecule has 0 spiro atoms. The van der Waals surface area contributed by atoms with Crippen molar-refractivity contribution in [3.63, 3.8) is 0 Å². The van der Waals surface area contributed by atoms with Gasteiger partial charge >= 0.3 is 0 Å². The molecule has 0 unspecified atom stereocenters. The van der Waals surface area contributed by atoms with E-state index in [0.29, 0.717) is 5.84 Å². The topological polar surface area (TPSA) is 38.4 Å². The fourth-order valence-electron chi connectivity index (χ4n) is 6.23. The maximum absolute atomic E-state index is 6.75. The third kappa shape index (κ3) is 3.80. The second-order valence-electron chi connectivity index (χ2n) is 11.0. The van der Waals surface area contributed by atoms with Crippen LogP contribution < -0.4 is 5.73 Å². The minimum atomic E-state index is 0.0432. The Morgan fingerprint density at radius 1 is 0.897 bits per heavy atom. The minimum absolute atomic E-state index is 0.0432. The summed E-state index contributed by atoms with van der Waals surface area (Å²) in [5.74, 6) is 0.516. The zero-order chi connectivity index (χ0) is 26.7. The standard InChI is InChI=1S/C36H30N2S/c1-22(23-11-5-4-6-12-23)34-33(28-14-8-10-16-32(28)39-34)38-35(37)25-18-17-24-20-29-27-13-7-9-15-30(27)36(2,3)31(29)21-26(24)19-25/h4-8,10-14,16-21H,1,9,15H2,2-3H3,(H2,37,38). The first kappa shape index (κ1) is 23.9. The SMILES string of the molecule is C=C(c1ccccc1)c1sc2ccccc2c1N=C(N)c1ccc2cc3c(cc2c1)C(C)(C)C1=C3C=CCC1. The van der Waals surface area contributed by atoms with Crippen LogP contribution in [0.5, 0.6) is 0 Å². The van der Waals surface area contributed by atoms with E-state index in [1.54, 1.807) is 16.9 Å². The van der Waals surface area contributed by atoms with Gasteiger partial charge in [-0.25, -0.2) is 4.99 Å². The third-order valence-corrected chi connectivity index (χ3v) is 9.58. The lowest BCUT2D eigenvalue weighted by molar-refractivity contribution is 0.608. The van der Waals surface area contributed by atoms with Gasteiger partial charge in [-0.2, -0.15) is 0 Å². The lowest BCUT2D eigenvalue weighted by Gasteiger charge is -2.25. The van der Waals surface area contributed by atoms with E-state index in [2.05, 4.69) is 99.3 Å². The van der Waals surface area contributed by atoms with Crippen LogP contribution in [0.1, 0.15) is 53.8 Å². The zero-order valence-electron chi connectivity index (χ0n) is 22.3. The molecule has 0 amide bonds. The molecular weight excluding hydrogens is 492 g/mol. The number of hydrogen-bond acceptors (Lipinski definition) is 2. The molecule has 0 atom stereocenters. The second kappa shape index (κ2) is 8.93. The monoisotopic (exact) mass is 522 g/mol. The number of thiophene rings is 1. The summed E-state index contributed by atoms with van der Waals surface area (Å²) in [6.07, 6.45) is 6.90. The van der Waals surface area contributed by atoms with Crippen molar-refractivity contribution in [3.05, 3.63) is 136 Å².